The molecule has 0 aliphatic rings. The summed E-state index contributed by atoms with van der Waals surface area (Å²) in [7, 11) is 3.96. The number of ketones is 1. The molecule has 0 radical (unpaired) electrons. The maximum atomic E-state index is 12.4. The van der Waals surface area contributed by atoms with Crippen molar-refractivity contribution in [2.24, 2.45) is 0 Å². The van der Waals surface area contributed by atoms with E-state index < -0.39 is 0 Å². The Bertz CT molecular complexity index is 629. The van der Waals surface area contributed by atoms with Gasteiger partial charge < -0.3 is 4.90 Å². The van der Waals surface area contributed by atoms with Crippen molar-refractivity contribution in [2.75, 3.05) is 19.0 Å². The zero-order valence-corrected chi connectivity index (χ0v) is 12.6. The molecule has 0 fully saturated rings. The number of hydrogen-bond acceptors (Lipinski definition) is 2. The van der Waals surface area contributed by atoms with E-state index in [1.165, 1.54) is 11.1 Å². The zero-order valence-electron chi connectivity index (χ0n) is 12.6. The molecule has 0 N–H and O–H groups in total. The van der Waals surface area contributed by atoms with E-state index in [1.807, 2.05) is 49.3 Å². The average Bonchev–Trinajstić information content (AvgIpc) is 2.43. The summed E-state index contributed by atoms with van der Waals surface area (Å²) in [5.41, 5.74) is 5.40. The predicted molar refractivity (Wildman–Crippen MR) is 84.7 cm³/mol. The van der Waals surface area contributed by atoms with Gasteiger partial charge in [-0.1, -0.05) is 30.3 Å². The van der Waals surface area contributed by atoms with Crippen LogP contribution in [0.15, 0.2) is 42.5 Å². The van der Waals surface area contributed by atoms with Crippen molar-refractivity contribution in [3.63, 3.8) is 0 Å². The molecule has 2 aromatic rings. The first-order chi connectivity index (χ1) is 9.47. The van der Waals surface area contributed by atoms with Gasteiger partial charge in [0.1, 0.15) is 0 Å². The fourth-order valence-electron chi connectivity index (χ4n) is 2.16. The Labute approximate surface area is 121 Å². The quantitative estimate of drug-likeness (QED) is 0.785. The van der Waals surface area contributed by atoms with Gasteiger partial charge in [-0.2, -0.15) is 0 Å². The Hall–Kier alpha value is -2.09. The predicted octanol–water partition coefficient (Wildman–Crippen LogP) is 3.79. The van der Waals surface area contributed by atoms with Crippen LogP contribution in [0.1, 0.15) is 27.0 Å². The smallest absolute Gasteiger partial charge is 0.167 e. The third kappa shape index (κ3) is 3.27. The first-order valence-electron chi connectivity index (χ1n) is 6.84. The minimum atomic E-state index is 0.164. The van der Waals surface area contributed by atoms with Gasteiger partial charge in [0, 0.05) is 31.8 Å². The SMILES string of the molecule is Cc1ccc(CC(=O)c2cccc(N(C)C)c2)cc1C. The Morgan fingerprint density at radius 2 is 1.75 bits per heavy atom. The molecule has 0 spiro atoms. The van der Waals surface area contributed by atoms with Gasteiger partial charge in [-0.05, 0) is 42.7 Å². The number of carbonyl (C=O) groups excluding carboxylic acids is 1. The lowest BCUT2D eigenvalue weighted by atomic mass is 9.99. The monoisotopic (exact) mass is 267 g/mol. The molecule has 0 saturated carbocycles. The summed E-state index contributed by atoms with van der Waals surface area (Å²) in [6, 6.07) is 14.0. The van der Waals surface area contributed by atoms with Gasteiger partial charge in [0.25, 0.3) is 0 Å². The van der Waals surface area contributed by atoms with Gasteiger partial charge in [-0.25, -0.2) is 0 Å². The maximum absolute atomic E-state index is 12.4. The third-order valence-electron chi connectivity index (χ3n) is 3.62. The molecule has 0 aliphatic heterocycles. The number of hydrogen-bond donors (Lipinski definition) is 0. The number of rotatable bonds is 4. The molecule has 0 amide bonds. The van der Waals surface area contributed by atoms with Crippen molar-refractivity contribution in [2.45, 2.75) is 20.3 Å². The van der Waals surface area contributed by atoms with Crippen LogP contribution >= 0.6 is 0 Å². The van der Waals surface area contributed by atoms with E-state index >= 15 is 0 Å². The summed E-state index contributed by atoms with van der Waals surface area (Å²) in [6.45, 7) is 4.16. The number of aryl methyl sites for hydroxylation is 2. The van der Waals surface area contributed by atoms with Crippen molar-refractivity contribution in [3.05, 3.63) is 64.7 Å². The molecular weight excluding hydrogens is 246 g/mol. The highest BCUT2D eigenvalue weighted by atomic mass is 16.1. The van der Waals surface area contributed by atoms with Gasteiger partial charge in [0.2, 0.25) is 0 Å². The lowest BCUT2D eigenvalue weighted by Crippen LogP contribution is -2.10. The molecule has 0 atom stereocenters. The second-order valence-corrected chi connectivity index (χ2v) is 5.46. The van der Waals surface area contributed by atoms with E-state index in [0.29, 0.717) is 6.42 Å². The normalized spacial score (nSPS) is 10.4. The molecule has 0 aromatic heterocycles. The van der Waals surface area contributed by atoms with Crippen molar-refractivity contribution in [1.29, 1.82) is 0 Å². The number of carbonyl (C=O) groups is 1. The molecule has 104 valence electrons. The molecule has 0 heterocycles. The van der Waals surface area contributed by atoms with Gasteiger partial charge in [-0.15, -0.1) is 0 Å². The second kappa shape index (κ2) is 5.91. The second-order valence-electron chi connectivity index (χ2n) is 5.46. The van der Waals surface area contributed by atoms with Crippen molar-refractivity contribution >= 4 is 11.5 Å². The Balaban J connectivity index is 2.19. The maximum Gasteiger partial charge on any atom is 0.167 e. The Morgan fingerprint density at radius 3 is 2.40 bits per heavy atom. The summed E-state index contributed by atoms with van der Waals surface area (Å²) in [5, 5.41) is 0. The average molecular weight is 267 g/mol. The minimum Gasteiger partial charge on any atom is -0.378 e. The van der Waals surface area contributed by atoms with E-state index in [1.54, 1.807) is 0 Å². The highest BCUT2D eigenvalue weighted by Gasteiger charge is 2.09. The lowest BCUT2D eigenvalue weighted by Gasteiger charge is -2.13. The van der Waals surface area contributed by atoms with Crippen LogP contribution in [0.4, 0.5) is 5.69 Å². The summed E-state index contributed by atoms with van der Waals surface area (Å²) in [4.78, 5) is 14.4. The molecule has 0 unspecified atom stereocenters. The molecule has 0 bridgehead atoms. The number of anilines is 1. The molecule has 2 rings (SSSR count). The molecule has 2 aromatic carbocycles. The first kappa shape index (κ1) is 14.3. The molecule has 0 saturated heterocycles. The van der Waals surface area contributed by atoms with Crippen LogP contribution in [0.5, 0.6) is 0 Å². The van der Waals surface area contributed by atoms with E-state index in [-0.39, 0.29) is 5.78 Å². The van der Waals surface area contributed by atoms with Crippen molar-refractivity contribution in [1.82, 2.24) is 0 Å². The number of nitrogens with zero attached hydrogens (tertiary/aromatic N) is 1. The van der Waals surface area contributed by atoms with Crippen LogP contribution in [-0.4, -0.2) is 19.9 Å². The molecule has 2 nitrogen and oxygen atoms in total. The Morgan fingerprint density at radius 1 is 1.00 bits per heavy atom. The van der Waals surface area contributed by atoms with Gasteiger partial charge >= 0.3 is 0 Å². The highest BCUT2D eigenvalue weighted by Crippen LogP contribution is 2.16. The summed E-state index contributed by atoms with van der Waals surface area (Å²) < 4.78 is 0. The lowest BCUT2D eigenvalue weighted by molar-refractivity contribution is 0.0993. The molecule has 2 heteroatoms. The standard InChI is InChI=1S/C18H21NO/c1-13-8-9-15(10-14(13)2)11-18(20)16-6-5-7-17(12-16)19(3)4/h5-10,12H,11H2,1-4H3. The topological polar surface area (TPSA) is 20.3 Å². The highest BCUT2D eigenvalue weighted by molar-refractivity contribution is 5.98. The Kier molecular flexibility index (Phi) is 4.23. The van der Waals surface area contributed by atoms with Crippen LogP contribution in [0.2, 0.25) is 0 Å². The fraction of sp³-hybridized carbons (Fsp3) is 0.278. The third-order valence-corrected chi connectivity index (χ3v) is 3.62. The van der Waals surface area contributed by atoms with Crippen LogP contribution in [0.25, 0.3) is 0 Å². The molecule has 20 heavy (non-hydrogen) atoms. The minimum absolute atomic E-state index is 0.164. The van der Waals surface area contributed by atoms with Gasteiger partial charge in [0.15, 0.2) is 5.78 Å². The van der Waals surface area contributed by atoms with Crippen LogP contribution in [-0.2, 0) is 6.42 Å². The van der Waals surface area contributed by atoms with Crippen molar-refractivity contribution in [3.8, 4) is 0 Å². The van der Waals surface area contributed by atoms with Gasteiger partial charge in [-0.3, -0.25) is 4.79 Å². The summed E-state index contributed by atoms with van der Waals surface area (Å²) >= 11 is 0. The van der Waals surface area contributed by atoms with Crippen LogP contribution < -0.4 is 4.90 Å². The van der Waals surface area contributed by atoms with Crippen LogP contribution in [0.3, 0.4) is 0 Å². The fourth-order valence-corrected chi connectivity index (χ4v) is 2.16. The largest absolute Gasteiger partial charge is 0.378 e. The van der Waals surface area contributed by atoms with Gasteiger partial charge in [0.05, 0.1) is 0 Å². The van der Waals surface area contributed by atoms with E-state index in [4.69, 9.17) is 0 Å². The zero-order chi connectivity index (χ0) is 14.7. The van der Waals surface area contributed by atoms with E-state index in [2.05, 4.69) is 26.0 Å². The van der Waals surface area contributed by atoms with E-state index in [9.17, 15) is 4.79 Å². The summed E-state index contributed by atoms with van der Waals surface area (Å²) in [6.07, 6.45) is 0.456. The first-order valence-corrected chi connectivity index (χ1v) is 6.84. The van der Waals surface area contributed by atoms with Crippen LogP contribution in [0, 0.1) is 13.8 Å². The number of Topliss-reactive ketones (excluding diaryl/α,β-unsaturated/α-hetero) is 1. The van der Waals surface area contributed by atoms with Crippen molar-refractivity contribution < 1.29 is 4.79 Å². The summed E-state index contributed by atoms with van der Waals surface area (Å²) in [5.74, 6) is 0.164. The molecule has 0 aliphatic carbocycles. The van der Waals surface area contributed by atoms with E-state index in [0.717, 1.165) is 16.8 Å². The molecular formula is C18H21NO. The number of benzene rings is 2.